The van der Waals surface area contributed by atoms with Gasteiger partial charge in [0, 0.05) is 23.8 Å². The van der Waals surface area contributed by atoms with E-state index in [2.05, 4.69) is 27.1 Å². The first-order chi connectivity index (χ1) is 12.6. The zero-order valence-corrected chi connectivity index (χ0v) is 15.1. The molecule has 6 nitrogen and oxygen atoms in total. The lowest BCUT2D eigenvalue weighted by atomic mass is 9.90. The number of piperidine rings is 1. The maximum absolute atomic E-state index is 12.6. The molecule has 26 heavy (non-hydrogen) atoms. The number of Topliss-reactive ketones (excluding diaryl/α,β-unsaturated/α-hetero) is 1. The molecule has 1 aliphatic rings. The number of rotatable bonds is 4. The van der Waals surface area contributed by atoms with E-state index in [1.807, 2.05) is 31.2 Å². The van der Waals surface area contributed by atoms with Crippen LogP contribution in [0.5, 0.6) is 0 Å². The highest BCUT2D eigenvalue weighted by Crippen LogP contribution is 2.25. The Hall–Kier alpha value is -2.60. The molecule has 0 saturated carbocycles. The van der Waals surface area contributed by atoms with Gasteiger partial charge >= 0.3 is 0 Å². The van der Waals surface area contributed by atoms with Gasteiger partial charge in [-0.2, -0.15) is 10.2 Å². The first-order valence-electron chi connectivity index (χ1n) is 8.99. The molecule has 1 saturated heterocycles. The van der Waals surface area contributed by atoms with Crippen molar-refractivity contribution in [1.82, 2.24) is 20.1 Å². The summed E-state index contributed by atoms with van der Waals surface area (Å²) in [6, 6.07) is 7.83. The number of hydrogen-bond donors (Lipinski definition) is 0. The number of fused-ring (bicyclic) bond motifs is 1. The van der Waals surface area contributed by atoms with E-state index in [-0.39, 0.29) is 11.7 Å². The normalized spacial score (nSPS) is 16.2. The third-order valence-corrected chi connectivity index (χ3v) is 5.07. The zero-order chi connectivity index (χ0) is 18.1. The van der Waals surface area contributed by atoms with E-state index in [1.54, 1.807) is 6.20 Å². The Morgan fingerprint density at radius 2 is 2.04 bits per heavy atom. The van der Waals surface area contributed by atoms with Crippen molar-refractivity contribution in [3.63, 3.8) is 0 Å². The molecular weight excluding hydrogens is 328 g/mol. The van der Waals surface area contributed by atoms with Gasteiger partial charge in [-0.15, -0.1) is 0 Å². The van der Waals surface area contributed by atoms with Gasteiger partial charge in [0.2, 0.25) is 0 Å². The molecule has 2 aromatic heterocycles. The number of aryl methyl sites for hydroxylation is 1. The summed E-state index contributed by atoms with van der Waals surface area (Å²) in [5.74, 6) is 1.78. The standard InChI is InChI=1S/C20H22N4O2/c1-13-21-12-20(26-13)15-3-4-18-16(9-15)10-17(22-23-18)11-19(25)14-5-7-24(2)8-6-14/h3-4,9-10,12,14H,5-8,11H2,1-2H3. The van der Waals surface area contributed by atoms with Gasteiger partial charge in [0.15, 0.2) is 11.7 Å². The molecule has 0 bridgehead atoms. The first-order valence-corrected chi connectivity index (χ1v) is 8.99. The van der Waals surface area contributed by atoms with Gasteiger partial charge in [-0.05, 0) is 57.2 Å². The second-order valence-electron chi connectivity index (χ2n) is 7.07. The van der Waals surface area contributed by atoms with Crippen LogP contribution >= 0.6 is 0 Å². The number of benzene rings is 1. The summed E-state index contributed by atoms with van der Waals surface area (Å²) in [5, 5.41) is 9.48. The number of carbonyl (C=O) groups excluding carboxylic acids is 1. The third kappa shape index (κ3) is 3.51. The van der Waals surface area contributed by atoms with Gasteiger partial charge in [0.25, 0.3) is 0 Å². The van der Waals surface area contributed by atoms with Crippen LogP contribution in [0, 0.1) is 12.8 Å². The van der Waals surface area contributed by atoms with Crippen molar-refractivity contribution in [2.24, 2.45) is 5.92 Å². The molecule has 0 radical (unpaired) electrons. The second kappa shape index (κ2) is 6.96. The van der Waals surface area contributed by atoms with E-state index in [9.17, 15) is 4.79 Å². The van der Waals surface area contributed by atoms with Crippen LogP contribution in [0.4, 0.5) is 0 Å². The number of carbonyl (C=O) groups is 1. The van der Waals surface area contributed by atoms with Gasteiger partial charge in [-0.25, -0.2) is 4.98 Å². The number of nitrogens with zero attached hydrogens (tertiary/aromatic N) is 4. The fourth-order valence-corrected chi connectivity index (χ4v) is 3.48. The molecular formula is C20H22N4O2. The lowest BCUT2D eigenvalue weighted by Crippen LogP contribution is -2.34. The molecule has 0 amide bonds. The van der Waals surface area contributed by atoms with Gasteiger partial charge in [0.05, 0.1) is 23.8 Å². The Balaban J connectivity index is 1.55. The maximum atomic E-state index is 12.6. The van der Waals surface area contributed by atoms with E-state index >= 15 is 0 Å². The number of oxazole rings is 1. The van der Waals surface area contributed by atoms with Gasteiger partial charge in [-0.3, -0.25) is 4.79 Å². The summed E-state index contributed by atoms with van der Waals surface area (Å²) in [5.41, 5.74) is 2.48. The highest BCUT2D eigenvalue weighted by atomic mass is 16.4. The molecule has 0 atom stereocenters. The second-order valence-corrected chi connectivity index (χ2v) is 7.07. The molecule has 3 aromatic rings. The van der Waals surface area contributed by atoms with E-state index < -0.39 is 0 Å². The van der Waals surface area contributed by atoms with Crippen LogP contribution in [0.1, 0.15) is 24.4 Å². The topological polar surface area (TPSA) is 72.1 Å². The number of ketones is 1. The molecule has 134 valence electrons. The highest BCUT2D eigenvalue weighted by Gasteiger charge is 2.23. The van der Waals surface area contributed by atoms with Crippen molar-refractivity contribution in [1.29, 1.82) is 0 Å². The molecule has 4 rings (SSSR count). The highest BCUT2D eigenvalue weighted by molar-refractivity contribution is 5.86. The van der Waals surface area contributed by atoms with Crippen molar-refractivity contribution in [2.75, 3.05) is 20.1 Å². The van der Waals surface area contributed by atoms with Crippen molar-refractivity contribution in [2.45, 2.75) is 26.2 Å². The van der Waals surface area contributed by atoms with Gasteiger partial charge in [0.1, 0.15) is 5.78 Å². The summed E-state index contributed by atoms with van der Waals surface area (Å²) in [6.07, 6.45) is 3.94. The van der Waals surface area contributed by atoms with Crippen LogP contribution in [0.25, 0.3) is 22.2 Å². The minimum Gasteiger partial charge on any atom is -0.441 e. The zero-order valence-electron chi connectivity index (χ0n) is 15.1. The van der Waals surface area contributed by atoms with Gasteiger partial charge < -0.3 is 9.32 Å². The lowest BCUT2D eigenvalue weighted by molar-refractivity contribution is -0.123. The Labute approximate surface area is 152 Å². The van der Waals surface area contributed by atoms with E-state index in [0.717, 1.165) is 53.9 Å². The minimum absolute atomic E-state index is 0.146. The average Bonchev–Trinajstić information content (AvgIpc) is 3.08. The summed E-state index contributed by atoms with van der Waals surface area (Å²) < 4.78 is 5.60. The van der Waals surface area contributed by atoms with Crippen molar-refractivity contribution in [3.05, 3.63) is 42.0 Å². The quantitative estimate of drug-likeness (QED) is 0.720. The van der Waals surface area contributed by atoms with Crippen molar-refractivity contribution < 1.29 is 9.21 Å². The van der Waals surface area contributed by atoms with Crippen LogP contribution in [0.3, 0.4) is 0 Å². The smallest absolute Gasteiger partial charge is 0.191 e. The predicted molar refractivity (Wildman–Crippen MR) is 98.7 cm³/mol. The van der Waals surface area contributed by atoms with E-state index in [0.29, 0.717) is 12.3 Å². The lowest BCUT2D eigenvalue weighted by Gasteiger charge is -2.27. The first kappa shape index (κ1) is 16.8. The Morgan fingerprint density at radius 3 is 2.77 bits per heavy atom. The van der Waals surface area contributed by atoms with Crippen LogP contribution in [-0.2, 0) is 11.2 Å². The molecule has 0 unspecified atom stereocenters. The average molecular weight is 350 g/mol. The fourth-order valence-electron chi connectivity index (χ4n) is 3.48. The molecule has 1 aliphatic heterocycles. The Kier molecular flexibility index (Phi) is 4.51. The molecule has 1 fully saturated rings. The van der Waals surface area contributed by atoms with E-state index in [4.69, 9.17) is 4.42 Å². The Morgan fingerprint density at radius 1 is 1.23 bits per heavy atom. The minimum atomic E-state index is 0.146. The van der Waals surface area contributed by atoms with Crippen LogP contribution < -0.4 is 0 Å². The summed E-state index contributed by atoms with van der Waals surface area (Å²) >= 11 is 0. The van der Waals surface area contributed by atoms with E-state index in [1.165, 1.54) is 0 Å². The van der Waals surface area contributed by atoms with Gasteiger partial charge in [-0.1, -0.05) is 0 Å². The number of aromatic nitrogens is 3. The monoisotopic (exact) mass is 350 g/mol. The fraction of sp³-hybridized carbons (Fsp3) is 0.400. The largest absolute Gasteiger partial charge is 0.441 e. The van der Waals surface area contributed by atoms with Crippen LogP contribution in [0.15, 0.2) is 34.9 Å². The number of hydrogen-bond acceptors (Lipinski definition) is 6. The molecule has 0 aliphatic carbocycles. The predicted octanol–water partition coefficient (Wildman–Crippen LogP) is 3.05. The number of likely N-dealkylation sites (tertiary alicyclic amines) is 1. The summed E-state index contributed by atoms with van der Waals surface area (Å²) in [4.78, 5) is 19.0. The third-order valence-electron chi connectivity index (χ3n) is 5.07. The summed E-state index contributed by atoms with van der Waals surface area (Å²) in [6.45, 7) is 3.79. The molecule has 1 aromatic carbocycles. The van der Waals surface area contributed by atoms with Crippen LogP contribution in [0.2, 0.25) is 0 Å². The molecule has 0 spiro atoms. The van der Waals surface area contributed by atoms with Crippen molar-refractivity contribution in [3.8, 4) is 11.3 Å². The molecule has 3 heterocycles. The molecule has 6 heteroatoms. The Bertz CT molecular complexity index is 942. The maximum Gasteiger partial charge on any atom is 0.191 e. The van der Waals surface area contributed by atoms with Crippen LogP contribution in [-0.4, -0.2) is 46.0 Å². The van der Waals surface area contributed by atoms with Crippen molar-refractivity contribution >= 4 is 16.7 Å². The molecule has 0 N–H and O–H groups in total. The summed E-state index contributed by atoms with van der Waals surface area (Å²) in [7, 11) is 2.10. The SMILES string of the molecule is Cc1ncc(-c2ccc3nnc(CC(=O)C4CCN(C)CC4)cc3c2)o1.